The van der Waals surface area contributed by atoms with Crippen molar-refractivity contribution in [2.75, 3.05) is 13.1 Å². The highest BCUT2D eigenvalue weighted by Crippen LogP contribution is 2.50. The molecule has 3 unspecified atom stereocenters. The molecule has 1 aliphatic carbocycles. The number of hydrogen-bond acceptors (Lipinski definition) is 8. The summed E-state index contributed by atoms with van der Waals surface area (Å²) in [6, 6.07) is 2.96. The number of rotatable bonds is 10. The minimum Gasteiger partial charge on any atom is -0.508 e. The number of aromatic hydroxyl groups is 1. The number of phenolic OH excluding ortho intramolecular Hbond substituents is 1. The largest absolute Gasteiger partial charge is 0.508 e. The zero-order valence-corrected chi connectivity index (χ0v) is 16.5. The summed E-state index contributed by atoms with van der Waals surface area (Å²) < 4.78 is 0. The molecule has 1 amide bonds. The summed E-state index contributed by atoms with van der Waals surface area (Å²) in [6.45, 7) is 0.537. The Kier molecular flexibility index (Phi) is 6.41. The van der Waals surface area contributed by atoms with Crippen LogP contribution in [0.1, 0.15) is 41.6 Å². The van der Waals surface area contributed by atoms with Crippen LogP contribution in [0.5, 0.6) is 5.75 Å². The van der Waals surface area contributed by atoms with Gasteiger partial charge in [-0.1, -0.05) is 6.07 Å². The van der Waals surface area contributed by atoms with E-state index in [1.807, 2.05) is 0 Å². The van der Waals surface area contributed by atoms with Crippen molar-refractivity contribution in [3.8, 4) is 5.75 Å². The minimum atomic E-state index is -1.20. The second-order valence-electron chi connectivity index (χ2n) is 7.67. The molecule has 1 aromatic rings. The second-order valence-corrected chi connectivity index (χ2v) is 7.67. The number of carboxylic acid groups (broad SMARTS) is 2. The summed E-state index contributed by atoms with van der Waals surface area (Å²) in [6.07, 6.45) is 0.598. The van der Waals surface area contributed by atoms with E-state index in [2.05, 4.69) is 5.48 Å². The Balaban J connectivity index is 1.46. The van der Waals surface area contributed by atoms with Gasteiger partial charge in [-0.05, 0) is 30.5 Å². The Hall–Kier alpha value is -3.25. The Morgan fingerprint density at radius 1 is 1.35 bits per heavy atom. The van der Waals surface area contributed by atoms with Crippen LogP contribution in [0.2, 0.25) is 0 Å². The number of nitro groups is 1. The highest BCUT2D eigenvalue weighted by Gasteiger charge is 2.70. The van der Waals surface area contributed by atoms with Gasteiger partial charge in [0.05, 0.1) is 18.1 Å². The van der Waals surface area contributed by atoms with E-state index in [1.165, 1.54) is 17.0 Å². The van der Waals surface area contributed by atoms with Crippen molar-refractivity contribution in [3.05, 3.63) is 39.4 Å². The van der Waals surface area contributed by atoms with Crippen molar-refractivity contribution in [1.29, 1.82) is 0 Å². The van der Waals surface area contributed by atoms with E-state index in [9.17, 15) is 34.7 Å². The third kappa shape index (κ3) is 4.44. The molecule has 31 heavy (non-hydrogen) atoms. The lowest BCUT2D eigenvalue weighted by atomic mass is 9.76. The lowest BCUT2D eigenvalue weighted by Crippen LogP contribution is -2.45. The van der Waals surface area contributed by atoms with Crippen LogP contribution in [0.25, 0.3) is 0 Å². The van der Waals surface area contributed by atoms with Gasteiger partial charge in [0.15, 0.2) is 0 Å². The van der Waals surface area contributed by atoms with Gasteiger partial charge in [-0.2, -0.15) is 0 Å². The van der Waals surface area contributed by atoms with E-state index >= 15 is 0 Å². The summed E-state index contributed by atoms with van der Waals surface area (Å²) in [4.78, 5) is 52.5. The lowest BCUT2D eigenvalue weighted by molar-refractivity contribution is -0.528. The van der Waals surface area contributed by atoms with Crippen molar-refractivity contribution < 1.29 is 39.5 Å². The molecule has 1 heterocycles. The third-order valence-corrected chi connectivity index (χ3v) is 5.90. The summed E-state index contributed by atoms with van der Waals surface area (Å²) >= 11 is 0. The molecule has 1 aromatic carbocycles. The maximum Gasteiger partial charge on any atom is 0.336 e. The Morgan fingerprint density at radius 3 is 2.74 bits per heavy atom. The maximum absolute atomic E-state index is 12.4. The molecule has 2 aliphatic rings. The molecule has 1 aliphatic heterocycles. The third-order valence-electron chi connectivity index (χ3n) is 5.90. The van der Waals surface area contributed by atoms with Gasteiger partial charge >= 0.3 is 11.9 Å². The van der Waals surface area contributed by atoms with Gasteiger partial charge in [0, 0.05) is 30.9 Å². The zero-order valence-electron chi connectivity index (χ0n) is 16.5. The van der Waals surface area contributed by atoms with Crippen LogP contribution in [-0.2, 0) is 21.0 Å². The molecule has 1 saturated heterocycles. The Labute approximate surface area is 176 Å². The van der Waals surface area contributed by atoms with Gasteiger partial charge in [0.1, 0.15) is 11.3 Å². The van der Waals surface area contributed by atoms with Gasteiger partial charge in [-0.25, -0.2) is 10.3 Å². The Bertz CT molecular complexity index is 906. The Morgan fingerprint density at radius 2 is 2.10 bits per heavy atom. The van der Waals surface area contributed by atoms with Gasteiger partial charge in [-0.15, -0.1) is 0 Å². The summed E-state index contributed by atoms with van der Waals surface area (Å²) in [5, 5.41) is 39.0. The number of hydrogen-bond donors (Lipinski definition) is 4. The van der Waals surface area contributed by atoms with Gasteiger partial charge < -0.3 is 20.2 Å². The number of benzene rings is 1. The molecule has 2 fully saturated rings. The van der Waals surface area contributed by atoms with Crippen molar-refractivity contribution in [1.82, 2.24) is 10.4 Å². The molecule has 3 rings (SSSR count). The lowest BCUT2D eigenvalue weighted by Gasteiger charge is -2.29. The maximum atomic E-state index is 12.4. The summed E-state index contributed by atoms with van der Waals surface area (Å²) in [5.41, 5.74) is 1.80. The van der Waals surface area contributed by atoms with E-state index in [1.54, 1.807) is 0 Å². The minimum absolute atomic E-state index is 0.0577. The predicted molar refractivity (Wildman–Crippen MR) is 103 cm³/mol. The smallest absolute Gasteiger partial charge is 0.336 e. The van der Waals surface area contributed by atoms with Crippen LogP contribution in [0.3, 0.4) is 0 Å². The number of carboxylic acids is 2. The van der Waals surface area contributed by atoms with Gasteiger partial charge in [-0.3, -0.25) is 24.5 Å². The normalized spacial score (nSPS) is 24.9. The molecule has 3 atom stereocenters. The highest BCUT2D eigenvalue weighted by molar-refractivity contribution is 6.06. The molecule has 0 bridgehead atoms. The fourth-order valence-electron chi connectivity index (χ4n) is 4.24. The van der Waals surface area contributed by atoms with E-state index < -0.39 is 34.4 Å². The zero-order chi connectivity index (χ0) is 22.8. The van der Waals surface area contributed by atoms with Gasteiger partial charge in [0.2, 0.25) is 11.9 Å². The standard InChI is InChI=1S/C19H23N3O9/c23-13-3-2-11(14(9-13)16(24)25)10-31-20-6-1-7-21-18(28)19(21)5-4-12(22(29)30)8-15(19)17(26)27/h2-3,9,12,15,20,23H,1,4-8,10H2,(H,24,25)(H,26,27). The number of hydroxylamine groups is 1. The second kappa shape index (κ2) is 8.86. The number of phenols is 1. The van der Waals surface area contributed by atoms with Crippen LogP contribution in [0, 0.1) is 16.0 Å². The molecule has 168 valence electrons. The number of aromatic carboxylic acids is 1. The number of nitrogens with zero attached hydrogens (tertiary/aromatic N) is 2. The molecule has 4 N–H and O–H groups in total. The van der Waals surface area contributed by atoms with E-state index in [4.69, 9.17) is 9.94 Å². The number of carbonyl (C=O) groups is 3. The van der Waals surface area contributed by atoms with E-state index in [-0.39, 0.29) is 49.6 Å². The van der Waals surface area contributed by atoms with Crippen LogP contribution in [0.4, 0.5) is 0 Å². The molecule has 1 spiro atoms. The molecule has 0 aromatic heterocycles. The first-order chi connectivity index (χ1) is 14.7. The van der Waals surface area contributed by atoms with Crippen molar-refractivity contribution in [2.24, 2.45) is 5.92 Å². The predicted octanol–water partition coefficient (Wildman–Crippen LogP) is 0.613. The topological polar surface area (TPSA) is 179 Å². The van der Waals surface area contributed by atoms with Crippen LogP contribution in [0.15, 0.2) is 18.2 Å². The molecule has 1 saturated carbocycles. The average Bonchev–Trinajstić information content (AvgIpc) is 3.26. The summed E-state index contributed by atoms with van der Waals surface area (Å²) in [5.74, 6) is -3.96. The van der Waals surface area contributed by atoms with Crippen molar-refractivity contribution >= 4 is 17.8 Å². The fourth-order valence-corrected chi connectivity index (χ4v) is 4.24. The number of carbonyl (C=O) groups excluding carboxylic acids is 1. The average molecular weight is 437 g/mol. The van der Waals surface area contributed by atoms with Crippen LogP contribution < -0.4 is 5.48 Å². The van der Waals surface area contributed by atoms with E-state index in [0.29, 0.717) is 18.5 Å². The number of amides is 1. The SMILES string of the molecule is O=C(O)c1cc(O)ccc1CONCCCN1C(=O)C12CCC([N+](=O)[O-])CC2C(=O)O. The van der Waals surface area contributed by atoms with Gasteiger partial charge in [0.25, 0.3) is 0 Å². The van der Waals surface area contributed by atoms with Crippen molar-refractivity contribution in [2.45, 2.75) is 43.9 Å². The molecule has 0 radical (unpaired) electrons. The fraction of sp³-hybridized carbons (Fsp3) is 0.526. The monoisotopic (exact) mass is 437 g/mol. The molecular formula is C19H23N3O9. The van der Waals surface area contributed by atoms with Crippen LogP contribution in [-0.4, -0.2) is 67.7 Å². The summed E-state index contributed by atoms with van der Waals surface area (Å²) in [7, 11) is 0. The highest BCUT2D eigenvalue weighted by atomic mass is 16.6. The first-order valence-corrected chi connectivity index (χ1v) is 9.76. The number of aliphatic carboxylic acids is 1. The van der Waals surface area contributed by atoms with Crippen molar-refractivity contribution in [3.63, 3.8) is 0 Å². The quantitative estimate of drug-likeness (QED) is 0.175. The molecule has 12 heteroatoms. The first kappa shape index (κ1) is 22.4. The molecule has 12 nitrogen and oxygen atoms in total. The van der Waals surface area contributed by atoms with Crippen LogP contribution >= 0.6 is 0 Å². The first-order valence-electron chi connectivity index (χ1n) is 9.76. The van der Waals surface area contributed by atoms with E-state index in [0.717, 1.165) is 6.07 Å². The molecular weight excluding hydrogens is 414 g/mol. The number of nitrogens with one attached hydrogen (secondary N) is 1.